The Hall–Kier alpha value is -1.61. The molecule has 0 radical (unpaired) electrons. The molecule has 2 nitrogen and oxygen atoms in total. The van der Waals surface area contributed by atoms with Crippen molar-refractivity contribution < 1.29 is 0 Å². The molecule has 0 aliphatic carbocycles. The van der Waals surface area contributed by atoms with Crippen molar-refractivity contribution in [3.8, 4) is 0 Å². The monoisotopic (exact) mass is 398 g/mol. The zero-order chi connectivity index (χ0) is 19.2. The molecular formula is C23H24Cl2N2. The minimum atomic E-state index is -0.259. The Labute approximate surface area is 171 Å². The zero-order valence-electron chi connectivity index (χ0n) is 15.8. The first-order chi connectivity index (χ1) is 13.0. The molecule has 4 heteroatoms. The van der Waals surface area contributed by atoms with Crippen molar-refractivity contribution in [3.63, 3.8) is 0 Å². The zero-order valence-corrected chi connectivity index (χ0v) is 17.3. The van der Waals surface area contributed by atoms with Crippen LogP contribution in [-0.2, 0) is 5.41 Å². The van der Waals surface area contributed by atoms with Gasteiger partial charge in [0.25, 0.3) is 0 Å². The molecule has 27 heavy (non-hydrogen) atoms. The highest BCUT2D eigenvalue weighted by Crippen LogP contribution is 2.55. The minimum absolute atomic E-state index is 0.186. The summed E-state index contributed by atoms with van der Waals surface area (Å²) in [5.41, 5.74) is 4.45. The molecule has 0 bridgehead atoms. The molecule has 2 aromatic rings. The topological polar surface area (TPSA) is 15.6 Å². The Balaban J connectivity index is 1.95. The Bertz CT molecular complexity index is 920. The lowest BCUT2D eigenvalue weighted by molar-refractivity contribution is 0.137. The average molecular weight is 399 g/mol. The van der Waals surface area contributed by atoms with Gasteiger partial charge >= 0.3 is 0 Å². The van der Waals surface area contributed by atoms with Crippen LogP contribution in [-0.4, -0.2) is 30.7 Å². The maximum Gasteiger partial charge on any atom is 0.0683 e. The van der Waals surface area contributed by atoms with Gasteiger partial charge in [-0.1, -0.05) is 60.5 Å². The molecule has 0 unspecified atom stereocenters. The molecule has 4 rings (SSSR count). The van der Waals surface area contributed by atoms with Gasteiger partial charge in [0.15, 0.2) is 0 Å². The minimum Gasteiger partial charge on any atom is -0.298 e. The summed E-state index contributed by atoms with van der Waals surface area (Å²) in [6, 6.07) is 14.6. The van der Waals surface area contributed by atoms with Gasteiger partial charge in [-0.2, -0.15) is 0 Å². The number of rotatable bonds is 3. The molecule has 2 aliphatic rings. The summed E-state index contributed by atoms with van der Waals surface area (Å²) in [7, 11) is 2.20. The predicted octanol–water partition coefficient (Wildman–Crippen LogP) is 6.40. The number of piperidine rings is 1. The molecule has 0 N–H and O–H groups in total. The SMILES string of the molecule is C=C(CC)[C@H]1N(C)CC[C@@H](c2cccc(Cl)c2)[C@]12C=Nc1cc(Cl)ccc12. The number of hydrogen-bond acceptors (Lipinski definition) is 2. The van der Waals surface area contributed by atoms with Crippen LogP contribution in [0.5, 0.6) is 0 Å². The first kappa shape index (κ1) is 18.7. The van der Waals surface area contributed by atoms with E-state index in [1.165, 1.54) is 16.7 Å². The van der Waals surface area contributed by atoms with Crippen molar-refractivity contribution in [2.75, 3.05) is 13.6 Å². The van der Waals surface area contributed by atoms with Gasteiger partial charge in [0.2, 0.25) is 0 Å². The molecule has 2 aromatic carbocycles. The van der Waals surface area contributed by atoms with E-state index >= 15 is 0 Å². The highest BCUT2D eigenvalue weighted by Gasteiger charge is 2.54. The van der Waals surface area contributed by atoms with Gasteiger partial charge in [-0.15, -0.1) is 0 Å². The van der Waals surface area contributed by atoms with Crippen LogP contribution in [0.1, 0.15) is 36.8 Å². The van der Waals surface area contributed by atoms with E-state index in [0.717, 1.165) is 35.1 Å². The largest absolute Gasteiger partial charge is 0.298 e. The molecule has 0 amide bonds. The van der Waals surface area contributed by atoms with E-state index in [-0.39, 0.29) is 17.4 Å². The van der Waals surface area contributed by atoms with Crippen LogP contribution in [0.4, 0.5) is 5.69 Å². The Morgan fingerprint density at radius 2 is 2.00 bits per heavy atom. The summed E-state index contributed by atoms with van der Waals surface area (Å²) in [6.45, 7) is 7.64. The van der Waals surface area contributed by atoms with Gasteiger partial charge in [-0.25, -0.2) is 0 Å². The Kier molecular flexibility index (Phi) is 4.92. The van der Waals surface area contributed by atoms with E-state index in [1.54, 1.807) is 0 Å². The summed E-state index contributed by atoms with van der Waals surface area (Å²) < 4.78 is 0. The molecule has 1 saturated heterocycles. The second-order valence-corrected chi connectivity index (χ2v) is 8.52. The van der Waals surface area contributed by atoms with E-state index in [2.05, 4.69) is 49.9 Å². The molecule has 3 atom stereocenters. The fourth-order valence-electron chi connectivity index (χ4n) is 4.98. The first-order valence-electron chi connectivity index (χ1n) is 9.46. The van der Waals surface area contributed by atoms with Gasteiger partial charge < -0.3 is 0 Å². The summed E-state index contributed by atoms with van der Waals surface area (Å²) >= 11 is 12.6. The number of likely N-dealkylation sites (tertiary alicyclic amines) is 1. The lowest BCUT2D eigenvalue weighted by Gasteiger charge is -2.52. The summed E-state index contributed by atoms with van der Waals surface area (Å²) in [4.78, 5) is 7.26. The second-order valence-electron chi connectivity index (χ2n) is 7.64. The molecule has 0 saturated carbocycles. The van der Waals surface area contributed by atoms with Crippen LogP contribution in [0.2, 0.25) is 10.0 Å². The third kappa shape index (κ3) is 2.95. The smallest absolute Gasteiger partial charge is 0.0683 e. The van der Waals surface area contributed by atoms with E-state index in [9.17, 15) is 0 Å². The fraction of sp³-hybridized carbons (Fsp3) is 0.348. The highest BCUT2D eigenvalue weighted by molar-refractivity contribution is 6.31. The Morgan fingerprint density at radius 3 is 2.74 bits per heavy atom. The lowest BCUT2D eigenvalue weighted by atomic mass is 9.59. The van der Waals surface area contributed by atoms with E-state index in [0.29, 0.717) is 0 Å². The van der Waals surface area contributed by atoms with Gasteiger partial charge in [0.1, 0.15) is 0 Å². The van der Waals surface area contributed by atoms with Crippen LogP contribution in [0.25, 0.3) is 0 Å². The van der Waals surface area contributed by atoms with Gasteiger partial charge in [0.05, 0.1) is 11.1 Å². The summed E-state index contributed by atoms with van der Waals surface area (Å²) in [5, 5.41) is 1.50. The second kappa shape index (κ2) is 7.09. The van der Waals surface area contributed by atoms with Crippen LogP contribution < -0.4 is 0 Å². The quantitative estimate of drug-likeness (QED) is 0.545. The van der Waals surface area contributed by atoms with Gasteiger partial charge in [0, 0.05) is 28.2 Å². The first-order valence-corrected chi connectivity index (χ1v) is 10.2. The van der Waals surface area contributed by atoms with Crippen LogP contribution >= 0.6 is 23.2 Å². The van der Waals surface area contributed by atoms with Gasteiger partial charge in [-0.05, 0) is 61.8 Å². The molecule has 1 fully saturated rings. The predicted molar refractivity (Wildman–Crippen MR) is 116 cm³/mol. The number of nitrogens with zero attached hydrogens (tertiary/aromatic N) is 2. The lowest BCUT2D eigenvalue weighted by Crippen LogP contribution is -2.58. The van der Waals surface area contributed by atoms with Crippen LogP contribution in [0.15, 0.2) is 59.6 Å². The third-order valence-corrected chi connectivity index (χ3v) is 6.65. The molecule has 2 heterocycles. The molecule has 1 spiro atoms. The number of hydrogen-bond donors (Lipinski definition) is 0. The normalized spacial score (nSPS) is 27.1. The van der Waals surface area contributed by atoms with E-state index < -0.39 is 0 Å². The molecule has 140 valence electrons. The van der Waals surface area contributed by atoms with E-state index in [1.807, 2.05) is 24.3 Å². The Morgan fingerprint density at radius 1 is 1.22 bits per heavy atom. The highest BCUT2D eigenvalue weighted by atomic mass is 35.5. The van der Waals surface area contributed by atoms with Crippen LogP contribution in [0.3, 0.4) is 0 Å². The number of fused-ring (bicyclic) bond motifs is 2. The number of halogens is 2. The van der Waals surface area contributed by atoms with Crippen molar-refractivity contribution >= 4 is 35.1 Å². The van der Waals surface area contributed by atoms with Crippen molar-refractivity contribution in [3.05, 3.63) is 75.8 Å². The number of benzene rings is 2. The number of aliphatic imine (C=N–C) groups is 1. The molecular weight excluding hydrogens is 375 g/mol. The third-order valence-electron chi connectivity index (χ3n) is 6.18. The maximum absolute atomic E-state index is 6.36. The standard InChI is InChI=1S/C23H24Cl2N2/c1-4-15(2)22-23(14-26-21-13-18(25)8-9-20(21)23)19(10-11-27(22)3)16-6-5-7-17(24)12-16/h5-9,12-14,19,22H,2,4,10-11H2,1,3H3/t19-,22+,23-/m0/s1. The van der Waals surface area contributed by atoms with Crippen molar-refractivity contribution in [1.82, 2.24) is 4.90 Å². The van der Waals surface area contributed by atoms with E-state index in [4.69, 9.17) is 28.2 Å². The molecule has 2 aliphatic heterocycles. The van der Waals surface area contributed by atoms with Crippen molar-refractivity contribution in [1.29, 1.82) is 0 Å². The fourth-order valence-corrected chi connectivity index (χ4v) is 5.35. The maximum atomic E-state index is 6.36. The van der Waals surface area contributed by atoms with Crippen molar-refractivity contribution in [2.24, 2.45) is 4.99 Å². The van der Waals surface area contributed by atoms with Crippen LogP contribution in [0, 0.1) is 0 Å². The summed E-state index contributed by atoms with van der Waals surface area (Å²) in [5.74, 6) is 0.284. The molecule has 0 aromatic heterocycles. The van der Waals surface area contributed by atoms with Crippen molar-refractivity contribution in [2.45, 2.75) is 37.1 Å². The average Bonchev–Trinajstić information content (AvgIpc) is 3.00. The van der Waals surface area contributed by atoms with Gasteiger partial charge in [-0.3, -0.25) is 9.89 Å². The number of likely N-dealkylation sites (N-methyl/N-ethyl adjacent to an activating group) is 1. The summed E-state index contributed by atoms with van der Waals surface area (Å²) in [6.07, 6.45) is 4.13.